The molecule has 0 aliphatic carbocycles. The number of hydrogen-bond donors (Lipinski definition) is 2. The third-order valence-corrected chi connectivity index (χ3v) is 3.36. The van der Waals surface area contributed by atoms with Crippen molar-refractivity contribution in [3.63, 3.8) is 0 Å². The second-order valence-corrected chi connectivity index (χ2v) is 4.95. The van der Waals surface area contributed by atoms with E-state index < -0.39 is 5.91 Å². The van der Waals surface area contributed by atoms with Gasteiger partial charge in [-0.2, -0.15) is 10.1 Å². The molecule has 0 aliphatic rings. The summed E-state index contributed by atoms with van der Waals surface area (Å²) < 4.78 is 1.65. The lowest BCUT2D eigenvalue weighted by molar-refractivity contribution is 0.100. The quantitative estimate of drug-likeness (QED) is 0.555. The normalized spacial score (nSPS) is 10.6. The lowest BCUT2D eigenvalue weighted by Crippen LogP contribution is -2.24. The number of aryl methyl sites for hydroxylation is 1. The van der Waals surface area contributed by atoms with Crippen molar-refractivity contribution in [3.05, 3.63) is 59.9 Å². The molecule has 110 valence electrons. The van der Waals surface area contributed by atoms with Crippen LogP contribution in [0.5, 0.6) is 0 Å². The Bertz CT molecular complexity index is 890. The Kier molecular flexibility index (Phi) is 3.34. The Hall–Kier alpha value is -3.15. The molecule has 0 spiro atoms. The molecule has 1 amide bonds. The van der Waals surface area contributed by atoms with Crippen LogP contribution in [0.4, 0.5) is 0 Å². The van der Waals surface area contributed by atoms with E-state index >= 15 is 0 Å². The van der Waals surface area contributed by atoms with Gasteiger partial charge in [0.1, 0.15) is 0 Å². The Morgan fingerprint density at radius 2 is 1.86 bits per heavy atom. The van der Waals surface area contributed by atoms with E-state index in [1.54, 1.807) is 17.8 Å². The molecule has 0 bridgehead atoms. The van der Waals surface area contributed by atoms with E-state index in [1.165, 1.54) is 0 Å². The topological polar surface area (TPSA) is 99.3 Å². The first-order valence-electron chi connectivity index (χ1n) is 6.74. The molecule has 0 atom stereocenters. The standard InChI is InChI=1S/C16H15N5O/c1-10-14(15(22)19-16(17)18)9-21(20-10)13-7-6-11-4-2-3-5-12(11)8-13/h2-9H,1H3,(H4,17,18,19,22). The number of benzene rings is 2. The second kappa shape index (κ2) is 5.33. The number of aliphatic imine (C=N–C) groups is 1. The van der Waals surface area contributed by atoms with Crippen LogP contribution in [-0.4, -0.2) is 21.6 Å². The predicted molar refractivity (Wildman–Crippen MR) is 85.9 cm³/mol. The molecule has 4 N–H and O–H groups in total. The minimum Gasteiger partial charge on any atom is -0.370 e. The van der Waals surface area contributed by atoms with Gasteiger partial charge in [-0.3, -0.25) is 4.79 Å². The number of fused-ring (bicyclic) bond motifs is 1. The van der Waals surface area contributed by atoms with E-state index in [-0.39, 0.29) is 5.96 Å². The van der Waals surface area contributed by atoms with Crippen LogP contribution in [0.2, 0.25) is 0 Å². The number of hydrogen-bond acceptors (Lipinski definition) is 2. The maximum atomic E-state index is 11.9. The van der Waals surface area contributed by atoms with Crippen molar-refractivity contribution in [1.82, 2.24) is 9.78 Å². The largest absolute Gasteiger partial charge is 0.370 e. The fraction of sp³-hybridized carbons (Fsp3) is 0.0625. The second-order valence-electron chi connectivity index (χ2n) is 4.95. The zero-order valence-corrected chi connectivity index (χ0v) is 12.0. The minimum absolute atomic E-state index is 0.261. The van der Waals surface area contributed by atoms with Crippen LogP contribution in [0, 0.1) is 6.92 Å². The van der Waals surface area contributed by atoms with E-state index in [0.717, 1.165) is 16.5 Å². The Labute approximate surface area is 127 Å². The number of carbonyl (C=O) groups excluding carboxylic acids is 1. The minimum atomic E-state index is -0.496. The molecule has 0 saturated heterocycles. The van der Waals surface area contributed by atoms with E-state index in [0.29, 0.717) is 11.3 Å². The van der Waals surface area contributed by atoms with Crippen molar-refractivity contribution in [2.75, 3.05) is 0 Å². The van der Waals surface area contributed by atoms with Crippen LogP contribution < -0.4 is 11.5 Å². The summed E-state index contributed by atoms with van der Waals surface area (Å²) in [6, 6.07) is 14.0. The summed E-state index contributed by atoms with van der Waals surface area (Å²) in [4.78, 5) is 15.5. The molecule has 3 rings (SSSR count). The number of aromatic nitrogens is 2. The van der Waals surface area contributed by atoms with Crippen LogP contribution in [-0.2, 0) is 0 Å². The van der Waals surface area contributed by atoms with Crippen LogP contribution in [0.15, 0.2) is 53.7 Å². The van der Waals surface area contributed by atoms with E-state index in [4.69, 9.17) is 11.5 Å². The smallest absolute Gasteiger partial charge is 0.283 e. The number of guanidine groups is 1. The average Bonchev–Trinajstić information content (AvgIpc) is 2.88. The van der Waals surface area contributed by atoms with Gasteiger partial charge in [0.25, 0.3) is 5.91 Å². The van der Waals surface area contributed by atoms with Crippen LogP contribution >= 0.6 is 0 Å². The molecule has 0 fully saturated rings. The summed E-state index contributed by atoms with van der Waals surface area (Å²) in [5.41, 5.74) is 12.3. The van der Waals surface area contributed by atoms with Gasteiger partial charge in [0.2, 0.25) is 0 Å². The van der Waals surface area contributed by atoms with Gasteiger partial charge in [0.15, 0.2) is 5.96 Å². The molecule has 0 radical (unpaired) electrons. The zero-order valence-electron chi connectivity index (χ0n) is 12.0. The van der Waals surface area contributed by atoms with E-state index in [1.807, 2.05) is 42.5 Å². The molecule has 0 aliphatic heterocycles. The Balaban J connectivity index is 2.04. The Morgan fingerprint density at radius 1 is 1.14 bits per heavy atom. The summed E-state index contributed by atoms with van der Waals surface area (Å²) >= 11 is 0. The first kappa shape index (κ1) is 13.8. The maximum absolute atomic E-state index is 11.9. The van der Waals surface area contributed by atoms with Gasteiger partial charge in [0.05, 0.1) is 16.9 Å². The van der Waals surface area contributed by atoms with Crippen LogP contribution in [0.25, 0.3) is 16.5 Å². The average molecular weight is 293 g/mol. The summed E-state index contributed by atoms with van der Waals surface area (Å²) in [6.45, 7) is 1.74. The van der Waals surface area contributed by atoms with Gasteiger partial charge in [-0.1, -0.05) is 30.3 Å². The maximum Gasteiger partial charge on any atom is 0.283 e. The van der Waals surface area contributed by atoms with Crippen LogP contribution in [0.3, 0.4) is 0 Å². The zero-order chi connectivity index (χ0) is 15.7. The first-order valence-corrected chi connectivity index (χ1v) is 6.74. The highest BCUT2D eigenvalue weighted by atomic mass is 16.1. The Morgan fingerprint density at radius 3 is 2.59 bits per heavy atom. The van der Waals surface area contributed by atoms with Crippen LogP contribution in [0.1, 0.15) is 16.1 Å². The first-order chi connectivity index (χ1) is 10.5. The molecular formula is C16H15N5O. The molecule has 22 heavy (non-hydrogen) atoms. The molecular weight excluding hydrogens is 278 g/mol. The molecule has 0 saturated carbocycles. The number of carbonyl (C=O) groups is 1. The third kappa shape index (κ3) is 2.54. The number of rotatable bonds is 2. The number of nitrogens with two attached hydrogens (primary N) is 2. The van der Waals surface area contributed by atoms with Crippen molar-refractivity contribution in [3.8, 4) is 5.69 Å². The van der Waals surface area contributed by atoms with Crippen molar-refractivity contribution < 1.29 is 4.79 Å². The lowest BCUT2D eigenvalue weighted by Gasteiger charge is -2.03. The molecule has 0 unspecified atom stereocenters. The number of amides is 1. The molecule has 3 aromatic rings. The van der Waals surface area contributed by atoms with Gasteiger partial charge in [-0.15, -0.1) is 0 Å². The monoisotopic (exact) mass is 293 g/mol. The molecule has 1 heterocycles. The summed E-state index contributed by atoms with van der Waals surface area (Å²) in [6.07, 6.45) is 1.63. The summed E-state index contributed by atoms with van der Waals surface area (Å²) in [5, 5.41) is 6.61. The van der Waals surface area contributed by atoms with Gasteiger partial charge < -0.3 is 11.5 Å². The molecule has 6 heteroatoms. The summed E-state index contributed by atoms with van der Waals surface area (Å²) in [5.74, 6) is -0.757. The predicted octanol–water partition coefficient (Wildman–Crippen LogP) is 1.75. The lowest BCUT2D eigenvalue weighted by atomic mass is 10.1. The molecule has 2 aromatic carbocycles. The van der Waals surface area contributed by atoms with Crippen molar-refractivity contribution >= 4 is 22.6 Å². The van der Waals surface area contributed by atoms with E-state index in [2.05, 4.69) is 10.1 Å². The highest BCUT2D eigenvalue weighted by molar-refractivity contribution is 6.02. The molecule has 1 aromatic heterocycles. The van der Waals surface area contributed by atoms with Crippen molar-refractivity contribution in [2.24, 2.45) is 16.5 Å². The third-order valence-electron chi connectivity index (χ3n) is 3.36. The van der Waals surface area contributed by atoms with Gasteiger partial charge in [0, 0.05) is 6.20 Å². The van der Waals surface area contributed by atoms with Gasteiger partial charge in [-0.05, 0) is 29.8 Å². The highest BCUT2D eigenvalue weighted by Crippen LogP contribution is 2.19. The fourth-order valence-electron chi connectivity index (χ4n) is 2.30. The van der Waals surface area contributed by atoms with Gasteiger partial charge >= 0.3 is 0 Å². The molecule has 6 nitrogen and oxygen atoms in total. The highest BCUT2D eigenvalue weighted by Gasteiger charge is 2.14. The van der Waals surface area contributed by atoms with E-state index in [9.17, 15) is 4.79 Å². The van der Waals surface area contributed by atoms with Crippen molar-refractivity contribution in [1.29, 1.82) is 0 Å². The summed E-state index contributed by atoms with van der Waals surface area (Å²) in [7, 11) is 0. The SMILES string of the molecule is Cc1nn(-c2ccc3ccccc3c2)cc1C(=O)N=C(N)N. The fourth-order valence-corrected chi connectivity index (χ4v) is 2.30. The van der Waals surface area contributed by atoms with Crippen molar-refractivity contribution in [2.45, 2.75) is 6.92 Å². The number of nitrogens with zero attached hydrogens (tertiary/aromatic N) is 3. The van der Waals surface area contributed by atoms with Gasteiger partial charge in [-0.25, -0.2) is 4.68 Å².